The monoisotopic (exact) mass is 668 g/mol. The predicted octanol–water partition coefficient (Wildman–Crippen LogP) is 14.9. The van der Waals surface area contributed by atoms with Crippen LogP contribution in [0, 0.1) is 0 Å². The van der Waals surface area contributed by atoms with E-state index in [9.17, 15) is 0 Å². The molecule has 2 aromatic heterocycles. The second-order valence-electron chi connectivity index (χ2n) is 13.2. The Hall–Kier alpha value is -5.80. The first-order chi connectivity index (χ1) is 24.8. The summed E-state index contributed by atoms with van der Waals surface area (Å²) in [5.41, 5.74) is 7.56. The van der Waals surface area contributed by atoms with Crippen LogP contribution in [-0.4, -0.2) is 0 Å². The molecule has 0 N–H and O–H groups in total. The number of benzene rings is 9. The maximum atomic E-state index is 2.44. The van der Waals surface area contributed by atoms with Gasteiger partial charge in [0, 0.05) is 51.1 Å². The van der Waals surface area contributed by atoms with Gasteiger partial charge in [0.15, 0.2) is 0 Å². The normalized spacial score (nSPS) is 12.0. The molecule has 50 heavy (non-hydrogen) atoms. The molecule has 0 unspecified atom stereocenters. The molecule has 0 amide bonds. The molecule has 232 valence electrons. The van der Waals surface area contributed by atoms with Crippen molar-refractivity contribution in [3.63, 3.8) is 0 Å². The average Bonchev–Trinajstić information content (AvgIpc) is 3.76. The Kier molecular flexibility index (Phi) is 6.09. The van der Waals surface area contributed by atoms with Crippen LogP contribution in [-0.2, 0) is 0 Å². The first-order valence-corrected chi connectivity index (χ1v) is 18.7. The van der Waals surface area contributed by atoms with Gasteiger partial charge in [0.25, 0.3) is 0 Å². The minimum Gasteiger partial charge on any atom is -0.135 e. The molecule has 0 fully saturated rings. The molecule has 0 radical (unpaired) electrons. The lowest BCUT2D eigenvalue weighted by Gasteiger charge is -2.18. The molecule has 0 saturated heterocycles. The summed E-state index contributed by atoms with van der Waals surface area (Å²) in [7, 11) is 0. The average molecular weight is 669 g/mol. The van der Waals surface area contributed by atoms with E-state index >= 15 is 0 Å². The summed E-state index contributed by atoms with van der Waals surface area (Å²) in [5.74, 6) is 0. The number of thiophene rings is 2. The summed E-state index contributed by atoms with van der Waals surface area (Å²) in [6.45, 7) is 0. The minimum absolute atomic E-state index is 1.23. The molecule has 0 aliphatic carbocycles. The second-order valence-corrected chi connectivity index (χ2v) is 15.3. The van der Waals surface area contributed by atoms with E-state index in [-0.39, 0.29) is 0 Å². The molecular weight excluding hydrogens is 641 g/mol. The largest absolute Gasteiger partial charge is 0.135 e. The van der Waals surface area contributed by atoms with Gasteiger partial charge in [0.1, 0.15) is 0 Å². The fraction of sp³-hybridized carbons (Fsp3) is 0. The van der Waals surface area contributed by atoms with E-state index in [1.807, 2.05) is 22.7 Å². The van der Waals surface area contributed by atoms with E-state index in [1.54, 1.807) is 0 Å². The van der Waals surface area contributed by atoms with Gasteiger partial charge in [-0.05, 0) is 73.1 Å². The maximum Gasteiger partial charge on any atom is 0.0434 e. The molecule has 0 saturated carbocycles. The molecule has 2 heterocycles. The quantitative estimate of drug-likeness (QED) is 0.164. The molecule has 9 aromatic carbocycles. The van der Waals surface area contributed by atoms with Crippen LogP contribution >= 0.6 is 22.7 Å². The van der Waals surface area contributed by atoms with Gasteiger partial charge in [-0.25, -0.2) is 0 Å². The number of rotatable bonds is 3. The summed E-state index contributed by atoms with van der Waals surface area (Å²) in [6.07, 6.45) is 0. The zero-order valence-corrected chi connectivity index (χ0v) is 28.6. The maximum absolute atomic E-state index is 2.44. The molecule has 11 aromatic rings. The topological polar surface area (TPSA) is 0 Å². The lowest BCUT2D eigenvalue weighted by atomic mass is 9.85. The third kappa shape index (κ3) is 4.10. The highest BCUT2D eigenvalue weighted by atomic mass is 32.1. The summed E-state index contributed by atoms with van der Waals surface area (Å²) >= 11 is 3.83. The molecular formula is C48H28S2. The van der Waals surface area contributed by atoms with Crippen molar-refractivity contribution in [1.29, 1.82) is 0 Å². The molecule has 0 atom stereocenters. The molecule has 0 spiro atoms. The Balaban J connectivity index is 1.12. The van der Waals surface area contributed by atoms with Gasteiger partial charge < -0.3 is 0 Å². The molecule has 0 nitrogen and oxygen atoms in total. The van der Waals surface area contributed by atoms with Crippen LogP contribution < -0.4 is 0 Å². The van der Waals surface area contributed by atoms with Crippen LogP contribution in [0.2, 0.25) is 0 Å². The van der Waals surface area contributed by atoms with Gasteiger partial charge in [-0.2, -0.15) is 0 Å². The third-order valence-corrected chi connectivity index (χ3v) is 12.9. The van der Waals surface area contributed by atoms with E-state index in [0.29, 0.717) is 0 Å². The summed E-state index contributed by atoms with van der Waals surface area (Å²) in [5, 5.41) is 13.2. The summed E-state index contributed by atoms with van der Waals surface area (Å²) in [6, 6.07) is 63.0. The molecule has 11 rings (SSSR count). The van der Waals surface area contributed by atoms with Crippen molar-refractivity contribution in [3.8, 4) is 33.4 Å². The highest BCUT2D eigenvalue weighted by Gasteiger charge is 2.18. The first-order valence-electron chi connectivity index (χ1n) is 17.1. The van der Waals surface area contributed by atoms with Gasteiger partial charge in [-0.3, -0.25) is 0 Å². The number of hydrogen-bond donors (Lipinski definition) is 0. The summed E-state index contributed by atoms with van der Waals surface area (Å²) < 4.78 is 5.44. The van der Waals surface area contributed by atoms with Crippen LogP contribution in [0.15, 0.2) is 170 Å². The van der Waals surface area contributed by atoms with Crippen molar-refractivity contribution < 1.29 is 0 Å². The van der Waals surface area contributed by atoms with Gasteiger partial charge >= 0.3 is 0 Å². The lowest BCUT2D eigenvalue weighted by molar-refractivity contribution is 1.61. The van der Waals surface area contributed by atoms with E-state index in [2.05, 4.69) is 170 Å². The number of hydrogen-bond acceptors (Lipinski definition) is 2. The predicted molar refractivity (Wildman–Crippen MR) is 221 cm³/mol. The Labute approximate surface area is 297 Å². The molecule has 2 heteroatoms. The van der Waals surface area contributed by atoms with Crippen LogP contribution in [0.5, 0.6) is 0 Å². The molecule has 0 aliphatic rings. The second kappa shape index (κ2) is 10.9. The molecule has 0 bridgehead atoms. The van der Waals surface area contributed by atoms with Gasteiger partial charge in [-0.1, -0.05) is 152 Å². The van der Waals surface area contributed by atoms with Crippen molar-refractivity contribution in [2.45, 2.75) is 0 Å². The zero-order chi connectivity index (χ0) is 32.8. The summed E-state index contributed by atoms with van der Waals surface area (Å²) in [4.78, 5) is 0. The van der Waals surface area contributed by atoms with Crippen LogP contribution in [0.25, 0.3) is 106 Å². The first kappa shape index (κ1) is 28.1. The van der Waals surface area contributed by atoms with Gasteiger partial charge in [0.05, 0.1) is 0 Å². The highest BCUT2D eigenvalue weighted by Crippen LogP contribution is 2.47. The van der Waals surface area contributed by atoms with Gasteiger partial charge in [0.2, 0.25) is 0 Å². The van der Waals surface area contributed by atoms with Crippen molar-refractivity contribution in [2.24, 2.45) is 0 Å². The highest BCUT2D eigenvalue weighted by molar-refractivity contribution is 7.28. The zero-order valence-electron chi connectivity index (χ0n) is 27.0. The third-order valence-electron chi connectivity index (χ3n) is 10.5. The lowest BCUT2D eigenvalue weighted by Crippen LogP contribution is -1.91. The van der Waals surface area contributed by atoms with Gasteiger partial charge in [-0.15, -0.1) is 22.7 Å². The van der Waals surface area contributed by atoms with E-state index in [1.165, 1.54) is 106 Å². The van der Waals surface area contributed by atoms with E-state index in [0.717, 1.165) is 0 Å². The van der Waals surface area contributed by atoms with E-state index < -0.39 is 0 Å². The van der Waals surface area contributed by atoms with Crippen molar-refractivity contribution in [2.75, 3.05) is 0 Å². The number of fused-ring (bicyclic) bond motifs is 11. The SMILES string of the molecule is c1ccc(-c2ccc(-c3c4ccccc4c(-c4ccc5sc6c(ccc7c6ccc6c8ccccc8sc67)c5c4)c4ccccc34)cc2)cc1. The smallest absolute Gasteiger partial charge is 0.0434 e. The molecule has 0 aliphatic heterocycles. The van der Waals surface area contributed by atoms with Crippen LogP contribution in [0.4, 0.5) is 0 Å². The van der Waals surface area contributed by atoms with Crippen LogP contribution in [0.3, 0.4) is 0 Å². The van der Waals surface area contributed by atoms with E-state index in [4.69, 9.17) is 0 Å². The Morgan fingerprint density at radius 1 is 0.240 bits per heavy atom. The fourth-order valence-electron chi connectivity index (χ4n) is 8.19. The Morgan fingerprint density at radius 2 is 0.640 bits per heavy atom. The van der Waals surface area contributed by atoms with Crippen molar-refractivity contribution in [1.82, 2.24) is 0 Å². The van der Waals surface area contributed by atoms with Crippen molar-refractivity contribution >= 4 is 95.3 Å². The fourth-order valence-corrected chi connectivity index (χ4v) is 10.6. The van der Waals surface area contributed by atoms with Crippen LogP contribution in [0.1, 0.15) is 0 Å². The standard InChI is InChI=1S/C48H28S2/c1-2-10-29(11-3-1)30-18-20-31(21-19-30)45-34-13-4-6-15-36(34)46(37-16-7-5-14-35(37)45)32-22-27-44-42(28-32)41-26-25-39-40(48(41)50-44)24-23-38-33-12-8-9-17-43(33)49-47(38)39/h1-28H. The minimum atomic E-state index is 1.23. The Bertz CT molecular complexity index is 3070. The van der Waals surface area contributed by atoms with Crippen molar-refractivity contribution in [3.05, 3.63) is 170 Å². The Morgan fingerprint density at radius 3 is 1.24 bits per heavy atom.